The number of amides is 1. The van der Waals surface area contributed by atoms with Gasteiger partial charge in [-0.15, -0.1) is 5.10 Å². The lowest BCUT2D eigenvalue weighted by Gasteiger charge is -2.32. The molecule has 2 aromatic heterocycles. The van der Waals surface area contributed by atoms with Crippen molar-refractivity contribution in [3.8, 4) is 0 Å². The molecule has 4 aromatic rings. The number of H-pyrrole nitrogens is 1. The lowest BCUT2D eigenvalue weighted by molar-refractivity contribution is 0.0704. The zero-order valence-electron chi connectivity index (χ0n) is 20.7. The average molecular weight is 489 g/mol. The second-order valence-electron chi connectivity index (χ2n) is 10.4. The summed E-state index contributed by atoms with van der Waals surface area (Å²) in [6.07, 6.45) is 1.62. The minimum atomic E-state index is -0.360. The van der Waals surface area contributed by atoms with E-state index in [2.05, 4.69) is 36.1 Å². The van der Waals surface area contributed by atoms with Crippen molar-refractivity contribution in [1.82, 2.24) is 29.9 Å². The molecular weight excluding hydrogens is 459 g/mol. The fourth-order valence-corrected chi connectivity index (χ4v) is 4.63. The van der Waals surface area contributed by atoms with Gasteiger partial charge in [-0.05, 0) is 53.6 Å². The first-order chi connectivity index (χ1) is 17.2. The third kappa shape index (κ3) is 4.78. The van der Waals surface area contributed by atoms with Crippen LogP contribution in [0.3, 0.4) is 0 Å². The molecule has 1 aliphatic rings. The van der Waals surface area contributed by atoms with Gasteiger partial charge in [-0.2, -0.15) is 0 Å². The predicted molar refractivity (Wildman–Crippen MR) is 134 cm³/mol. The van der Waals surface area contributed by atoms with E-state index in [1.807, 2.05) is 29.2 Å². The molecule has 1 aliphatic heterocycles. The zero-order chi connectivity index (χ0) is 25.4. The smallest absolute Gasteiger partial charge is 0.281 e. The summed E-state index contributed by atoms with van der Waals surface area (Å²) in [4.78, 5) is 35.4. The molecule has 0 unspecified atom stereocenters. The summed E-state index contributed by atoms with van der Waals surface area (Å²) in [6, 6.07) is 13.9. The van der Waals surface area contributed by atoms with Gasteiger partial charge in [0.25, 0.3) is 11.5 Å². The van der Waals surface area contributed by atoms with Crippen molar-refractivity contribution in [3.05, 3.63) is 87.2 Å². The Hall–Kier alpha value is -3.88. The molecule has 5 rings (SSSR count). The van der Waals surface area contributed by atoms with Crippen LogP contribution in [-0.2, 0) is 12.0 Å². The molecule has 1 saturated heterocycles. The third-order valence-corrected chi connectivity index (χ3v) is 6.73. The topological polar surface area (TPSA) is 96.8 Å². The molecule has 2 aromatic carbocycles. The van der Waals surface area contributed by atoms with Crippen LogP contribution in [-0.4, -0.2) is 48.9 Å². The van der Waals surface area contributed by atoms with E-state index in [1.54, 1.807) is 16.8 Å². The minimum absolute atomic E-state index is 0.0199. The molecule has 1 atom stereocenters. The van der Waals surface area contributed by atoms with Gasteiger partial charge in [-0.25, -0.2) is 14.1 Å². The quantitative estimate of drug-likeness (QED) is 0.468. The summed E-state index contributed by atoms with van der Waals surface area (Å²) in [5.41, 5.74) is 2.84. The summed E-state index contributed by atoms with van der Waals surface area (Å²) in [5, 5.41) is 8.09. The fraction of sp³-hybridized carbons (Fsp3) is 0.370. The molecule has 1 N–H and O–H groups in total. The Labute approximate surface area is 208 Å². The van der Waals surface area contributed by atoms with Crippen molar-refractivity contribution < 1.29 is 9.18 Å². The maximum absolute atomic E-state index is 13.3. The van der Waals surface area contributed by atoms with Gasteiger partial charge in [0.1, 0.15) is 11.6 Å². The van der Waals surface area contributed by atoms with Gasteiger partial charge in [-0.1, -0.05) is 50.3 Å². The molecule has 1 amide bonds. The van der Waals surface area contributed by atoms with E-state index in [9.17, 15) is 14.0 Å². The number of nitrogens with one attached hydrogen (secondary N) is 1. The van der Waals surface area contributed by atoms with Gasteiger partial charge in [0, 0.05) is 24.6 Å². The van der Waals surface area contributed by atoms with Crippen molar-refractivity contribution >= 4 is 17.1 Å². The number of piperidine rings is 1. The van der Waals surface area contributed by atoms with Crippen LogP contribution in [0.15, 0.2) is 53.3 Å². The number of aromatic amines is 1. The van der Waals surface area contributed by atoms with Crippen LogP contribution >= 0.6 is 0 Å². The van der Waals surface area contributed by atoms with Crippen molar-refractivity contribution in [2.24, 2.45) is 0 Å². The fourth-order valence-electron chi connectivity index (χ4n) is 4.63. The van der Waals surface area contributed by atoms with Gasteiger partial charge < -0.3 is 9.88 Å². The Morgan fingerprint density at radius 1 is 1.11 bits per heavy atom. The number of hydrogen-bond donors (Lipinski definition) is 1. The SMILES string of the molecule is CC(C)(C)c1ccc(C(=O)N2CCC[C@H](c3nc4c(nnn4Cc4ccc(F)cc4)c(=O)[nH]3)C2)cc1. The number of hydrogen-bond acceptors (Lipinski definition) is 5. The van der Waals surface area contributed by atoms with Crippen LogP contribution in [0.5, 0.6) is 0 Å². The molecular formula is C27H29FN6O2. The first-order valence-corrected chi connectivity index (χ1v) is 12.2. The van der Waals surface area contributed by atoms with Gasteiger partial charge in [0.2, 0.25) is 0 Å². The third-order valence-electron chi connectivity index (χ3n) is 6.73. The van der Waals surface area contributed by atoms with Gasteiger partial charge in [0.15, 0.2) is 11.2 Å². The van der Waals surface area contributed by atoms with Crippen molar-refractivity contribution in [3.63, 3.8) is 0 Å². The van der Waals surface area contributed by atoms with Crippen molar-refractivity contribution in [2.75, 3.05) is 13.1 Å². The van der Waals surface area contributed by atoms with E-state index in [0.29, 0.717) is 36.7 Å². The summed E-state index contributed by atoms with van der Waals surface area (Å²) in [5.74, 6) is 0.0748. The molecule has 9 heteroatoms. The molecule has 0 saturated carbocycles. The van der Waals surface area contributed by atoms with Gasteiger partial charge in [0.05, 0.1) is 6.54 Å². The highest BCUT2D eigenvalue weighted by Gasteiger charge is 2.28. The minimum Gasteiger partial charge on any atom is -0.338 e. The number of carbonyl (C=O) groups excluding carboxylic acids is 1. The van der Waals surface area contributed by atoms with Crippen LogP contribution in [0.2, 0.25) is 0 Å². The molecule has 0 bridgehead atoms. The Morgan fingerprint density at radius 2 is 1.83 bits per heavy atom. The van der Waals surface area contributed by atoms with Crippen LogP contribution in [0.1, 0.15) is 66.8 Å². The molecule has 0 aliphatic carbocycles. The Balaban J connectivity index is 1.38. The van der Waals surface area contributed by atoms with Crippen LogP contribution in [0.4, 0.5) is 4.39 Å². The number of likely N-dealkylation sites (tertiary alicyclic amines) is 1. The Kier molecular flexibility index (Phi) is 6.15. The molecule has 0 spiro atoms. The lowest BCUT2D eigenvalue weighted by atomic mass is 9.86. The lowest BCUT2D eigenvalue weighted by Crippen LogP contribution is -2.40. The van der Waals surface area contributed by atoms with Crippen LogP contribution in [0.25, 0.3) is 11.2 Å². The summed E-state index contributed by atoms with van der Waals surface area (Å²) >= 11 is 0. The van der Waals surface area contributed by atoms with Crippen LogP contribution < -0.4 is 5.56 Å². The standard InChI is InChI=1S/C27H29FN6O2/c1-27(2,3)20-10-8-18(9-11-20)26(36)33-14-4-5-19(16-33)23-29-24-22(25(35)30-23)31-32-34(24)15-17-6-12-21(28)13-7-17/h6-13,19H,4-5,14-16H2,1-3H3,(H,29,30,35)/t19-/m0/s1. The predicted octanol–water partition coefficient (Wildman–Crippen LogP) is 4.02. The maximum Gasteiger partial charge on any atom is 0.281 e. The van der Waals surface area contributed by atoms with E-state index in [-0.39, 0.29) is 34.1 Å². The first kappa shape index (κ1) is 23.8. The Morgan fingerprint density at radius 3 is 2.53 bits per heavy atom. The highest BCUT2D eigenvalue weighted by atomic mass is 19.1. The zero-order valence-corrected chi connectivity index (χ0v) is 20.7. The van der Waals surface area contributed by atoms with E-state index in [0.717, 1.165) is 18.4 Å². The summed E-state index contributed by atoms with van der Waals surface area (Å²) in [7, 11) is 0. The summed E-state index contributed by atoms with van der Waals surface area (Å²) < 4.78 is 14.8. The highest BCUT2D eigenvalue weighted by Crippen LogP contribution is 2.27. The molecule has 0 radical (unpaired) electrons. The second kappa shape index (κ2) is 9.29. The molecule has 186 valence electrons. The normalized spacial score (nSPS) is 16.4. The number of aromatic nitrogens is 5. The molecule has 1 fully saturated rings. The molecule has 8 nitrogen and oxygen atoms in total. The molecule has 3 heterocycles. The van der Waals surface area contributed by atoms with Crippen molar-refractivity contribution in [1.29, 1.82) is 0 Å². The number of fused-ring (bicyclic) bond motifs is 1. The van der Waals surface area contributed by atoms with Crippen molar-refractivity contribution in [2.45, 2.75) is 51.5 Å². The first-order valence-electron chi connectivity index (χ1n) is 12.2. The van der Waals surface area contributed by atoms with Gasteiger partial charge in [-0.3, -0.25) is 9.59 Å². The second-order valence-corrected chi connectivity index (χ2v) is 10.4. The van der Waals surface area contributed by atoms with E-state index < -0.39 is 0 Å². The Bertz CT molecular complexity index is 1450. The van der Waals surface area contributed by atoms with E-state index in [1.165, 1.54) is 17.7 Å². The van der Waals surface area contributed by atoms with Gasteiger partial charge >= 0.3 is 0 Å². The number of halogens is 1. The number of carbonyl (C=O) groups is 1. The highest BCUT2D eigenvalue weighted by molar-refractivity contribution is 5.94. The summed E-state index contributed by atoms with van der Waals surface area (Å²) in [6.45, 7) is 7.87. The van der Waals surface area contributed by atoms with Crippen LogP contribution in [0, 0.1) is 5.82 Å². The molecule has 36 heavy (non-hydrogen) atoms. The van der Waals surface area contributed by atoms with E-state index in [4.69, 9.17) is 4.98 Å². The number of rotatable bonds is 4. The average Bonchev–Trinajstić information content (AvgIpc) is 3.28. The number of benzene rings is 2. The number of nitrogens with zero attached hydrogens (tertiary/aromatic N) is 5. The monoisotopic (exact) mass is 488 g/mol. The maximum atomic E-state index is 13.3. The van der Waals surface area contributed by atoms with E-state index >= 15 is 0 Å². The largest absolute Gasteiger partial charge is 0.338 e.